The molecule has 0 aliphatic rings. The molecule has 1 aromatic carbocycles. The summed E-state index contributed by atoms with van der Waals surface area (Å²) in [5.41, 5.74) is 2.00. The average Bonchev–Trinajstić information content (AvgIpc) is 2.68. The number of nitrogens with zero attached hydrogens (tertiary/aromatic N) is 2. The summed E-state index contributed by atoms with van der Waals surface area (Å²) >= 11 is 1.68. The van der Waals surface area contributed by atoms with E-state index in [1.807, 2.05) is 49.8 Å². The van der Waals surface area contributed by atoms with Crippen LogP contribution in [-0.2, 0) is 7.05 Å². The predicted octanol–water partition coefficient (Wildman–Crippen LogP) is 3.32. The Balaban J connectivity index is 2.13. The highest BCUT2D eigenvalue weighted by Gasteiger charge is 2.07. The van der Waals surface area contributed by atoms with E-state index in [4.69, 9.17) is 0 Å². The summed E-state index contributed by atoms with van der Waals surface area (Å²) in [4.78, 5) is 1.16. The molecule has 0 saturated carbocycles. The number of aliphatic hydroxyl groups is 1. The summed E-state index contributed by atoms with van der Waals surface area (Å²) in [6.45, 7) is 3.97. The van der Waals surface area contributed by atoms with Crippen molar-refractivity contribution in [2.45, 2.75) is 36.3 Å². The first-order chi connectivity index (χ1) is 8.60. The lowest BCUT2D eigenvalue weighted by Crippen LogP contribution is -1.94. The zero-order valence-corrected chi connectivity index (χ0v) is 11.7. The topological polar surface area (TPSA) is 38.1 Å². The minimum atomic E-state index is -0.358. The van der Waals surface area contributed by atoms with E-state index >= 15 is 0 Å². The number of rotatable bonds is 4. The van der Waals surface area contributed by atoms with Crippen LogP contribution in [0.3, 0.4) is 0 Å². The summed E-state index contributed by atoms with van der Waals surface area (Å²) in [5.74, 6) is 0. The van der Waals surface area contributed by atoms with Crippen molar-refractivity contribution in [3.8, 4) is 0 Å². The molecule has 4 heteroatoms. The number of aryl methyl sites for hydroxylation is 2. The van der Waals surface area contributed by atoms with Gasteiger partial charge in [-0.15, -0.1) is 0 Å². The van der Waals surface area contributed by atoms with Gasteiger partial charge >= 0.3 is 0 Å². The molecule has 0 spiro atoms. The fraction of sp³-hybridized carbons (Fsp3) is 0.357. The van der Waals surface area contributed by atoms with Crippen LogP contribution in [0, 0.1) is 6.92 Å². The normalized spacial score (nSPS) is 12.7. The quantitative estimate of drug-likeness (QED) is 0.918. The molecule has 1 heterocycles. The van der Waals surface area contributed by atoms with Gasteiger partial charge in [-0.3, -0.25) is 4.68 Å². The Labute approximate surface area is 112 Å². The van der Waals surface area contributed by atoms with Crippen LogP contribution in [0.25, 0.3) is 0 Å². The molecule has 1 aromatic heterocycles. The second-order valence-corrected chi connectivity index (χ2v) is 5.44. The van der Waals surface area contributed by atoms with E-state index in [9.17, 15) is 5.11 Å². The third kappa shape index (κ3) is 2.94. The maximum absolute atomic E-state index is 9.74. The smallest absolute Gasteiger partial charge is 0.0986 e. The van der Waals surface area contributed by atoms with E-state index in [-0.39, 0.29) is 6.10 Å². The van der Waals surface area contributed by atoms with Crippen LogP contribution in [0.1, 0.15) is 30.7 Å². The third-order valence-corrected chi connectivity index (χ3v) is 3.93. The van der Waals surface area contributed by atoms with Gasteiger partial charge in [0.1, 0.15) is 0 Å². The number of hydrogen-bond acceptors (Lipinski definition) is 3. The molecule has 0 aliphatic heterocycles. The maximum Gasteiger partial charge on any atom is 0.0986 e. The highest BCUT2D eigenvalue weighted by molar-refractivity contribution is 7.99. The summed E-state index contributed by atoms with van der Waals surface area (Å²) in [5, 5.41) is 15.2. The highest BCUT2D eigenvalue weighted by Crippen LogP contribution is 2.29. The fourth-order valence-corrected chi connectivity index (χ4v) is 2.71. The van der Waals surface area contributed by atoms with Crippen molar-refractivity contribution in [2.24, 2.45) is 7.05 Å². The van der Waals surface area contributed by atoms with Crippen molar-refractivity contribution in [1.29, 1.82) is 0 Å². The summed E-state index contributed by atoms with van der Waals surface area (Å²) in [7, 11) is 1.95. The van der Waals surface area contributed by atoms with E-state index in [0.717, 1.165) is 27.6 Å². The predicted molar refractivity (Wildman–Crippen MR) is 73.8 cm³/mol. The first-order valence-corrected chi connectivity index (χ1v) is 6.88. The minimum absolute atomic E-state index is 0.358. The highest BCUT2D eigenvalue weighted by atomic mass is 32.2. The lowest BCUT2D eigenvalue weighted by Gasteiger charge is -2.08. The molecule has 96 valence electrons. The van der Waals surface area contributed by atoms with Crippen LogP contribution in [-0.4, -0.2) is 14.9 Å². The van der Waals surface area contributed by atoms with Gasteiger partial charge in [0.05, 0.1) is 16.8 Å². The molecular weight excluding hydrogens is 244 g/mol. The summed E-state index contributed by atoms with van der Waals surface area (Å²) in [6.07, 6.45) is 0.385. The molecule has 0 saturated heterocycles. The van der Waals surface area contributed by atoms with Gasteiger partial charge in [-0.05, 0) is 37.1 Å². The van der Waals surface area contributed by atoms with Gasteiger partial charge in [-0.2, -0.15) is 5.10 Å². The Morgan fingerprint density at radius 2 is 2.00 bits per heavy atom. The molecule has 3 nitrogen and oxygen atoms in total. The second-order valence-electron chi connectivity index (χ2n) is 4.34. The number of aliphatic hydroxyl groups excluding tert-OH is 1. The van der Waals surface area contributed by atoms with E-state index < -0.39 is 0 Å². The number of benzene rings is 1. The maximum atomic E-state index is 9.74. The van der Waals surface area contributed by atoms with Crippen LogP contribution >= 0.6 is 11.8 Å². The largest absolute Gasteiger partial charge is 0.388 e. The Hall–Kier alpha value is -1.26. The van der Waals surface area contributed by atoms with Crippen molar-refractivity contribution >= 4 is 11.8 Å². The minimum Gasteiger partial charge on any atom is -0.388 e. The first-order valence-electron chi connectivity index (χ1n) is 6.06. The zero-order valence-electron chi connectivity index (χ0n) is 10.9. The Kier molecular flexibility index (Phi) is 4.09. The van der Waals surface area contributed by atoms with Crippen molar-refractivity contribution in [2.75, 3.05) is 0 Å². The first kappa shape index (κ1) is 13.2. The lowest BCUT2D eigenvalue weighted by atomic mass is 10.1. The van der Waals surface area contributed by atoms with E-state index in [1.54, 1.807) is 11.8 Å². The van der Waals surface area contributed by atoms with Crippen LogP contribution < -0.4 is 0 Å². The molecule has 0 aliphatic carbocycles. The van der Waals surface area contributed by atoms with Crippen LogP contribution in [0.15, 0.2) is 40.3 Å². The molecule has 2 rings (SSSR count). The SMILES string of the molecule is CCC(O)c1ccc(Sc2cc(C)nn2C)cc1. The summed E-state index contributed by atoms with van der Waals surface area (Å²) < 4.78 is 1.88. The number of aromatic nitrogens is 2. The van der Waals surface area contributed by atoms with Crippen molar-refractivity contribution in [3.05, 3.63) is 41.6 Å². The molecule has 2 aromatic rings. The van der Waals surface area contributed by atoms with E-state index in [0.29, 0.717) is 0 Å². The van der Waals surface area contributed by atoms with Gasteiger partial charge in [0, 0.05) is 11.9 Å². The Morgan fingerprint density at radius 3 is 2.50 bits per heavy atom. The molecule has 1 N–H and O–H groups in total. The van der Waals surface area contributed by atoms with Crippen molar-refractivity contribution in [3.63, 3.8) is 0 Å². The molecule has 18 heavy (non-hydrogen) atoms. The molecule has 1 unspecified atom stereocenters. The Morgan fingerprint density at radius 1 is 1.33 bits per heavy atom. The van der Waals surface area contributed by atoms with Gasteiger partial charge < -0.3 is 5.11 Å². The van der Waals surface area contributed by atoms with Gasteiger partial charge in [-0.25, -0.2) is 0 Å². The van der Waals surface area contributed by atoms with Crippen molar-refractivity contribution in [1.82, 2.24) is 9.78 Å². The van der Waals surface area contributed by atoms with E-state index in [2.05, 4.69) is 11.2 Å². The van der Waals surface area contributed by atoms with E-state index in [1.165, 1.54) is 0 Å². The second kappa shape index (κ2) is 5.59. The monoisotopic (exact) mass is 262 g/mol. The third-order valence-electron chi connectivity index (χ3n) is 2.83. The molecule has 0 bridgehead atoms. The van der Waals surface area contributed by atoms with Crippen LogP contribution in [0.2, 0.25) is 0 Å². The van der Waals surface area contributed by atoms with Gasteiger partial charge in [-0.1, -0.05) is 30.8 Å². The van der Waals surface area contributed by atoms with Gasteiger partial charge in [0.25, 0.3) is 0 Å². The molecule has 0 fully saturated rings. The zero-order chi connectivity index (χ0) is 13.1. The number of hydrogen-bond donors (Lipinski definition) is 1. The summed E-state index contributed by atoms with van der Waals surface area (Å²) in [6, 6.07) is 10.1. The van der Waals surface area contributed by atoms with Gasteiger partial charge in [0.15, 0.2) is 0 Å². The van der Waals surface area contributed by atoms with Crippen LogP contribution in [0.4, 0.5) is 0 Å². The Bertz CT molecular complexity index is 519. The fourth-order valence-electron chi connectivity index (χ4n) is 1.80. The molecule has 0 radical (unpaired) electrons. The standard InChI is InChI=1S/C14H18N2OS/c1-4-13(17)11-5-7-12(8-6-11)18-14-9-10(2)15-16(14)3/h5-9,13,17H,4H2,1-3H3. The van der Waals surface area contributed by atoms with Crippen molar-refractivity contribution < 1.29 is 5.11 Å². The molecule has 0 amide bonds. The lowest BCUT2D eigenvalue weighted by molar-refractivity contribution is 0.173. The molecule has 1 atom stereocenters. The van der Waals surface area contributed by atoms with Crippen LogP contribution in [0.5, 0.6) is 0 Å². The molecular formula is C14H18N2OS. The average molecular weight is 262 g/mol. The van der Waals surface area contributed by atoms with Gasteiger partial charge in [0.2, 0.25) is 0 Å².